The van der Waals surface area contributed by atoms with Gasteiger partial charge in [-0.25, -0.2) is 8.78 Å². The van der Waals surface area contributed by atoms with Crippen LogP contribution in [0.25, 0.3) is 0 Å². The Labute approximate surface area is 138 Å². The van der Waals surface area contributed by atoms with Crippen molar-refractivity contribution in [2.45, 2.75) is 31.8 Å². The standard InChI is InChI=1S/C17H20F2N2O3/c18-11-1-2-13(19)12(9-11)16(23)21-7-5-17(6-8-21)4-3-14(17)24-10-15(20)22/h1-2,9,14H,3-8,10H2,(H2,20,22). The Morgan fingerprint density at radius 1 is 1.25 bits per heavy atom. The first-order chi connectivity index (χ1) is 11.4. The molecule has 2 N–H and O–H groups in total. The summed E-state index contributed by atoms with van der Waals surface area (Å²) in [4.78, 5) is 24.8. The van der Waals surface area contributed by atoms with Crippen LogP contribution in [0.15, 0.2) is 18.2 Å². The van der Waals surface area contributed by atoms with Crippen molar-refractivity contribution in [2.75, 3.05) is 19.7 Å². The Kier molecular flexibility index (Phi) is 4.54. The minimum absolute atomic E-state index is 0.0202. The number of hydrogen-bond acceptors (Lipinski definition) is 3. The predicted molar refractivity (Wildman–Crippen MR) is 82.1 cm³/mol. The highest BCUT2D eigenvalue weighted by Crippen LogP contribution is 2.50. The lowest BCUT2D eigenvalue weighted by Crippen LogP contribution is -2.54. The number of piperidine rings is 1. The van der Waals surface area contributed by atoms with E-state index in [9.17, 15) is 18.4 Å². The fourth-order valence-electron chi connectivity index (χ4n) is 3.67. The van der Waals surface area contributed by atoms with Crippen LogP contribution in [0.4, 0.5) is 8.78 Å². The van der Waals surface area contributed by atoms with Crippen LogP contribution in [0.1, 0.15) is 36.0 Å². The van der Waals surface area contributed by atoms with Gasteiger partial charge in [0.05, 0.1) is 11.7 Å². The fourth-order valence-corrected chi connectivity index (χ4v) is 3.67. The molecule has 1 atom stereocenters. The van der Waals surface area contributed by atoms with Crippen molar-refractivity contribution in [2.24, 2.45) is 11.1 Å². The molecule has 130 valence electrons. The Bertz CT molecular complexity index is 657. The van der Waals surface area contributed by atoms with E-state index in [1.54, 1.807) is 4.90 Å². The van der Waals surface area contributed by atoms with Crippen LogP contribution in [0, 0.1) is 17.0 Å². The molecule has 2 amide bonds. The molecule has 1 saturated carbocycles. The summed E-state index contributed by atoms with van der Waals surface area (Å²) in [5.41, 5.74) is 4.84. The van der Waals surface area contributed by atoms with E-state index < -0.39 is 23.4 Å². The number of carbonyl (C=O) groups excluding carboxylic acids is 2. The number of amides is 2. The molecule has 2 fully saturated rings. The number of ether oxygens (including phenoxy) is 1. The Balaban J connectivity index is 1.62. The molecular formula is C17H20F2N2O3. The van der Waals surface area contributed by atoms with Gasteiger partial charge in [-0.05, 0) is 43.9 Å². The number of hydrogen-bond donors (Lipinski definition) is 1. The quantitative estimate of drug-likeness (QED) is 0.911. The maximum atomic E-state index is 13.8. The van der Waals surface area contributed by atoms with Crippen molar-refractivity contribution < 1.29 is 23.1 Å². The summed E-state index contributed by atoms with van der Waals surface area (Å²) >= 11 is 0. The van der Waals surface area contributed by atoms with Crippen LogP contribution < -0.4 is 5.73 Å². The number of nitrogens with zero attached hydrogens (tertiary/aromatic N) is 1. The molecule has 1 spiro atoms. The van der Waals surface area contributed by atoms with Crippen molar-refractivity contribution in [3.8, 4) is 0 Å². The van der Waals surface area contributed by atoms with E-state index >= 15 is 0 Å². The molecule has 0 aromatic heterocycles. The first kappa shape index (κ1) is 16.8. The molecule has 1 aromatic carbocycles. The van der Waals surface area contributed by atoms with Crippen LogP contribution in [0.5, 0.6) is 0 Å². The minimum Gasteiger partial charge on any atom is -0.368 e. The number of nitrogens with two attached hydrogens (primary N) is 1. The van der Waals surface area contributed by atoms with E-state index in [2.05, 4.69) is 0 Å². The van der Waals surface area contributed by atoms with Gasteiger partial charge >= 0.3 is 0 Å². The smallest absolute Gasteiger partial charge is 0.256 e. The summed E-state index contributed by atoms with van der Waals surface area (Å²) in [6, 6.07) is 2.89. The largest absolute Gasteiger partial charge is 0.368 e. The highest BCUT2D eigenvalue weighted by molar-refractivity contribution is 5.94. The van der Waals surface area contributed by atoms with Gasteiger partial charge in [0, 0.05) is 18.5 Å². The molecule has 1 aromatic rings. The van der Waals surface area contributed by atoms with Crippen LogP contribution in [-0.4, -0.2) is 42.5 Å². The predicted octanol–water partition coefficient (Wildman–Crippen LogP) is 1.85. The summed E-state index contributed by atoms with van der Waals surface area (Å²) in [7, 11) is 0. The summed E-state index contributed by atoms with van der Waals surface area (Å²) in [6.07, 6.45) is 3.28. The summed E-state index contributed by atoms with van der Waals surface area (Å²) in [6.45, 7) is 0.833. The third kappa shape index (κ3) is 3.13. The molecule has 0 radical (unpaired) electrons. The maximum Gasteiger partial charge on any atom is 0.256 e. The number of carbonyl (C=O) groups is 2. The second-order valence-electron chi connectivity index (χ2n) is 6.58. The maximum absolute atomic E-state index is 13.8. The topological polar surface area (TPSA) is 72.6 Å². The van der Waals surface area contributed by atoms with Crippen molar-refractivity contribution in [1.82, 2.24) is 4.90 Å². The second kappa shape index (κ2) is 6.47. The molecule has 5 nitrogen and oxygen atoms in total. The van der Waals surface area contributed by atoms with Crippen LogP contribution >= 0.6 is 0 Å². The van der Waals surface area contributed by atoms with Gasteiger partial charge in [0.25, 0.3) is 5.91 Å². The Morgan fingerprint density at radius 3 is 2.54 bits per heavy atom. The van der Waals surface area contributed by atoms with Gasteiger partial charge in [0.1, 0.15) is 18.2 Å². The zero-order chi connectivity index (χ0) is 17.3. The van der Waals surface area contributed by atoms with Gasteiger partial charge in [-0.1, -0.05) is 0 Å². The van der Waals surface area contributed by atoms with Crippen LogP contribution in [0.3, 0.4) is 0 Å². The number of primary amides is 1. The van der Waals surface area contributed by atoms with Gasteiger partial charge in [-0.2, -0.15) is 0 Å². The van der Waals surface area contributed by atoms with Gasteiger partial charge in [0.2, 0.25) is 5.91 Å². The third-order valence-electron chi connectivity index (χ3n) is 5.22. The van der Waals surface area contributed by atoms with Gasteiger partial charge in [-0.15, -0.1) is 0 Å². The van der Waals surface area contributed by atoms with Crippen molar-refractivity contribution in [3.63, 3.8) is 0 Å². The van der Waals surface area contributed by atoms with E-state index in [0.717, 1.165) is 43.9 Å². The van der Waals surface area contributed by atoms with Gasteiger partial charge in [-0.3, -0.25) is 9.59 Å². The Morgan fingerprint density at radius 2 is 1.96 bits per heavy atom. The highest BCUT2D eigenvalue weighted by Gasteiger charge is 2.49. The molecule has 3 rings (SSSR count). The lowest BCUT2D eigenvalue weighted by Gasteiger charge is -2.53. The number of rotatable bonds is 4. The van der Waals surface area contributed by atoms with Crippen molar-refractivity contribution in [1.29, 1.82) is 0 Å². The lowest BCUT2D eigenvalue weighted by atomic mass is 9.60. The SMILES string of the molecule is NC(=O)COC1CCC12CCN(C(=O)c1cc(F)ccc1F)CC2. The molecule has 2 aliphatic rings. The molecule has 1 aliphatic heterocycles. The lowest BCUT2D eigenvalue weighted by molar-refractivity contribution is -0.148. The molecule has 1 aliphatic carbocycles. The third-order valence-corrected chi connectivity index (χ3v) is 5.22. The zero-order valence-corrected chi connectivity index (χ0v) is 13.3. The number of benzene rings is 1. The summed E-state index contributed by atoms with van der Waals surface area (Å²) in [5.74, 6) is -2.33. The van der Waals surface area contributed by atoms with Crippen molar-refractivity contribution in [3.05, 3.63) is 35.4 Å². The molecular weight excluding hydrogens is 318 g/mol. The summed E-state index contributed by atoms with van der Waals surface area (Å²) < 4.78 is 32.6. The minimum atomic E-state index is -0.715. The molecule has 1 saturated heterocycles. The highest BCUT2D eigenvalue weighted by atomic mass is 19.1. The normalized spacial score (nSPS) is 22.2. The summed E-state index contributed by atoms with van der Waals surface area (Å²) in [5, 5.41) is 0. The van der Waals surface area contributed by atoms with Crippen molar-refractivity contribution >= 4 is 11.8 Å². The van der Waals surface area contributed by atoms with E-state index in [0.29, 0.717) is 13.1 Å². The van der Waals surface area contributed by atoms with E-state index in [1.807, 2.05) is 0 Å². The van der Waals surface area contributed by atoms with Gasteiger partial charge in [0.15, 0.2) is 0 Å². The van der Waals surface area contributed by atoms with Crippen LogP contribution in [-0.2, 0) is 9.53 Å². The van der Waals surface area contributed by atoms with Crippen LogP contribution in [0.2, 0.25) is 0 Å². The Hall–Kier alpha value is -2.02. The van der Waals surface area contributed by atoms with Gasteiger partial charge < -0.3 is 15.4 Å². The molecule has 1 heterocycles. The van der Waals surface area contributed by atoms with E-state index in [1.165, 1.54) is 0 Å². The number of halogens is 2. The second-order valence-corrected chi connectivity index (χ2v) is 6.58. The molecule has 0 bridgehead atoms. The van der Waals surface area contributed by atoms with E-state index in [4.69, 9.17) is 10.5 Å². The monoisotopic (exact) mass is 338 g/mol. The first-order valence-corrected chi connectivity index (χ1v) is 8.05. The fraction of sp³-hybridized carbons (Fsp3) is 0.529. The first-order valence-electron chi connectivity index (χ1n) is 8.05. The average molecular weight is 338 g/mol. The number of likely N-dealkylation sites (tertiary alicyclic amines) is 1. The molecule has 1 unspecified atom stereocenters. The average Bonchev–Trinajstić information content (AvgIpc) is 2.55. The molecule has 7 heteroatoms. The van der Waals surface area contributed by atoms with E-state index in [-0.39, 0.29) is 23.7 Å². The molecule has 24 heavy (non-hydrogen) atoms. The zero-order valence-electron chi connectivity index (χ0n) is 13.3.